The number of nitrogens with one attached hydrogen (secondary N) is 2. The standard InChI is InChI=1S/C19H17F3N2O5/c1-29-17(27)12-7-9-14(10-8-12)24-16(26)15(25)23-11-18(28,19(20,21)22)13-5-3-2-4-6-13/h2-10,28H,11H2,1H3,(H,23,25)(H,24,26). The first-order chi connectivity index (χ1) is 13.6. The largest absolute Gasteiger partial charge is 0.465 e. The van der Waals surface area contributed by atoms with Crippen molar-refractivity contribution in [3.05, 3.63) is 65.7 Å². The van der Waals surface area contributed by atoms with Crippen LogP contribution in [-0.2, 0) is 19.9 Å². The molecule has 2 aromatic carbocycles. The lowest BCUT2D eigenvalue weighted by Crippen LogP contribution is -2.52. The molecule has 2 amide bonds. The lowest BCUT2D eigenvalue weighted by atomic mass is 9.93. The Labute approximate surface area is 163 Å². The number of hydrogen-bond donors (Lipinski definition) is 3. The molecule has 0 spiro atoms. The van der Waals surface area contributed by atoms with E-state index in [1.165, 1.54) is 49.6 Å². The molecular weight excluding hydrogens is 393 g/mol. The minimum absolute atomic E-state index is 0.131. The van der Waals surface area contributed by atoms with Gasteiger partial charge in [0.05, 0.1) is 19.2 Å². The van der Waals surface area contributed by atoms with Gasteiger partial charge >= 0.3 is 24.0 Å². The van der Waals surface area contributed by atoms with Gasteiger partial charge in [-0.05, 0) is 29.8 Å². The first kappa shape index (κ1) is 21.9. The summed E-state index contributed by atoms with van der Waals surface area (Å²) in [5, 5.41) is 14.1. The molecule has 0 saturated carbocycles. The number of esters is 1. The molecule has 0 saturated heterocycles. The van der Waals surface area contributed by atoms with E-state index in [2.05, 4.69) is 10.1 Å². The second-order valence-electron chi connectivity index (χ2n) is 5.93. The van der Waals surface area contributed by atoms with E-state index in [1.807, 2.05) is 0 Å². The van der Waals surface area contributed by atoms with Crippen molar-refractivity contribution in [1.29, 1.82) is 0 Å². The third kappa shape index (κ3) is 5.11. The van der Waals surface area contributed by atoms with E-state index in [0.717, 1.165) is 12.1 Å². The molecule has 7 nitrogen and oxygen atoms in total. The van der Waals surface area contributed by atoms with Crippen molar-refractivity contribution in [2.75, 3.05) is 19.0 Å². The number of carbonyl (C=O) groups is 3. The number of hydrogen-bond acceptors (Lipinski definition) is 5. The molecule has 1 unspecified atom stereocenters. The van der Waals surface area contributed by atoms with Gasteiger partial charge < -0.3 is 20.5 Å². The second kappa shape index (κ2) is 8.74. The van der Waals surface area contributed by atoms with Gasteiger partial charge in [-0.3, -0.25) is 9.59 Å². The predicted molar refractivity (Wildman–Crippen MR) is 95.8 cm³/mol. The van der Waals surface area contributed by atoms with Crippen LogP contribution in [0.3, 0.4) is 0 Å². The Morgan fingerprint density at radius 2 is 1.55 bits per heavy atom. The molecule has 0 aromatic heterocycles. The molecule has 2 rings (SSSR count). The number of aliphatic hydroxyl groups is 1. The van der Waals surface area contributed by atoms with Crippen LogP contribution in [0.2, 0.25) is 0 Å². The molecule has 2 aromatic rings. The van der Waals surface area contributed by atoms with Crippen LogP contribution in [0.4, 0.5) is 18.9 Å². The molecule has 0 bridgehead atoms. The van der Waals surface area contributed by atoms with Crippen LogP contribution in [0.5, 0.6) is 0 Å². The van der Waals surface area contributed by atoms with E-state index in [-0.39, 0.29) is 11.3 Å². The lowest BCUT2D eigenvalue weighted by Gasteiger charge is -2.31. The van der Waals surface area contributed by atoms with Gasteiger partial charge in [-0.1, -0.05) is 30.3 Å². The summed E-state index contributed by atoms with van der Waals surface area (Å²) in [7, 11) is 1.19. The third-order valence-electron chi connectivity index (χ3n) is 4.00. The van der Waals surface area contributed by atoms with Gasteiger partial charge in [0.15, 0.2) is 0 Å². The molecule has 29 heavy (non-hydrogen) atoms. The molecule has 154 valence electrons. The van der Waals surface area contributed by atoms with E-state index >= 15 is 0 Å². The maximum atomic E-state index is 13.4. The smallest absolute Gasteiger partial charge is 0.423 e. The monoisotopic (exact) mass is 410 g/mol. The maximum Gasteiger partial charge on any atom is 0.423 e. The highest BCUT2D eigenvalue weighted by atomic mass is 19.4. The zero-order valence-electron chi connectivity index (χ0n) is 15.1. The molecule has 0 fully saturated rings. The van der Waals surface area contributed by atoms with Gasteiger partial charge in [-0.25, -0.2) is 4.79 Å². The quantitative estimate of drug-likeness (QED) is 0.517. The van der Waals surface area contributed by atoms with Crippen molar-refractivity contribution in [1.82, 2.24) is 5.32 Å². The van der Waals surface area contributed by atoms with Gasteiger partial charge in [0.25, 0.3) is 0 Å². The molecule has 3 N–H and O–H groups in total. The Morgan fingerprint density at radius 1 is 0.966 bits per heavy atom. The van der Waals surface area contributed by atoms with E-state index in [0.29, 0.717) is 0 Å². The number of carbonyl (C=O) groups excluding carboxylic acids is 3. The molecule has 0 aliphatic carbocycles. The summed E-state index contributed by atoms with van der Waals surface area (Å²) >= 11 is 0. The number of halogens is 3. The number of anilines is 1. The summed E-state index contributed by atoms with van der Waals surface area (Å²) in [5.74, 6) is -3.22. The summed E-state index contributed by atoms with van der Waals surface area (Å²) in [6, 6.07) is 11.5. The molecular formula is C19H17F3N2O5. The Bertz CT molecular complexity index is 885. The predicted octanol–water partition coefficient (Wildman–Crippen LogP) is 1.98. The van der Waals surface area contributed by atoms with Crippen LogP contribution in [0.15, 0.2) is 54.6 Å². The van der Waals surface area contributed by atoms with Crippen LogP contribution >= 0.6 is 0 Å². The zero-order valence-corrected chi connectivity index (χ0v) is 15.1. The molecule has 0 aliphatic heterocycles. The average molecular weight is 410 g/mol. The van der Waals surface area contributed by atoms with Gasteiger partial charge in [-0.15, -0.1) is 0 Å². The number of amides is 2. The Morgan fingerprint density at radius 3 is 2.07 bits per heavy atom. The van der Waals surface area contributed by atoms with Crippen molar-refractivity contribution in [3.63, 3.8) is 0 Å². The van der Waals surface area contributed by atoms with Gasteiger partial charge in [0.2, 0.25) is 5.60 Å². The van der Waals surface area contributed by atoms with Crippen LogP contribution in [0.25, 0.3) is 0 Å². The van der Waals surface area contributed by atoms with Crippen LogP contribution < -0.4 is 10.6 Å². The minimum atomic E-state index is -5.10. The highest BCUT2D eigenvalue weighted by molar-refractivity contribution is 6.39. The highest BCUT2D eigenvalue weighted by Crippen LogP contribution is 2.38. The van der Waals surface area contributed by atoms with E-state index in [9.17, 15) is 32.7 Å². The van der Waals surface area contributed by atoms with Gasteiger partial charge in [0.1, 0.15) is 0 Å². The minimum Gasteiger partial charge on any atom is -0.465 e. The SMILES string of the molecule is COC(=O)c1ccc(NC(=O)C(=O)NCC(O)(c2ccccc2)C(F)(F)F)cc1. The lowest BCUT2D eigenvalue weighted by molar-refractivity contribution is -0.264. The summed E-state index contributed by atoms with van der Waals surface area (Å²) in [6.07, 6.45) is -5.10. The number of methoxy groups -OCH3 is 1. The highest BCUT2D eigenvalue weighted by Gasteiger charge is 2.55. The number of ether oxygens (including phenoxy) is 1. The van der Waals surface area contributed by atoms with Crippen molar-refractivity contribution < 1.29 is 37.4 Å². The fourth-order valence-corrected chi connectivity index (χ4v) is 2.36. The van der Waals surface area contributed by atoms with E-state index < -0.39 is 41.7 Å². The van der Waals surface area contributed by atoms with Crippen molar-refractivity contribution >= 4 is 23.5 Å². The van der Waals surface area contributed by atoms with Crippen LogP contribution in [0.1, 0.15) is 15.9 Å². The van der Waals surface area contributed by atoms with Gasteiger partial charge in [-0.2, -0.15) is 13.2 Å². The number of alkyl halides is 3. The number of rotatable bonds is 5. The average Bonchev–Trinajstić information content (AvgIpc) is 2.71. The van der Waals surface area contributed by atoms with E-state index in [4.69, 9.17) is 0 Å². The Hall–Kier alpha value is -3.40. The van der Waals surface area contributed by atoms with E-state index in [1.54, 1.807) is 5.32 Å². The zero-order chi connectivity index (χ0) is 21.7. The van der Waals surface area contributed by atoms with Crippen LogP contribution in [-0.4, -0.2) is 42.7 Å². The van der Waals surface area contributed by atoms with Gasteiger partial charge in [0, 0.05) is 5.69 Å². The summed E-state index contributed by atoms with van der Waals surface area (Å²) in [4.78, 5) is 35.2. The first-order valence-electron chi connectivity index (χ1n) is 8.20. The molecule has 0 heterocycles. The summed E-state index contributed by atoms with van der Waals surface area (Å²) in [5.41, 5.74) is -3.52. The third-order valence-corrected chi connectivity index (χ3v) is 4.00. The van der Waals surface area contributed by atoms with Crippen molar-refractivity contribution in [2.24, 2.45) is 0 Å². The molecule has 10 heteroatoms. The topological polar surface area (TPSA) is 105 Å². The number of benzene rings is 2. The van der Waals surface area contributed by atoms with Crippen LogP contribution in [0, 0.1) is 0 Å². The molecule has 0 radical (unpaired) electrons. The summed E-state index contributed by atoms with van der Waals surface area (Å²) < 4.78 is 44.7. The maximum absolute atomic E-state index is 13.4. The Balaban J connectivity index is 2.05. The second-order valence-corrected chi connectivity index (χ2v) is 5.93. The summed E-state index contributed by atoms with van der Waals surface area (Å²) in [6.45, 7) is -1.26. The van der Waals surface area contributed by atoms with Crippen molar-refractivity contribution in [3.8, 4) is 0 Å². The molecule has 0 aliphatic rings. The Kier molecular flexibility index (Phi) is 6.60. The molecule has 1 atom stereocenters. The normalized spacial score (nSPS) is 13.1. The fraction of sp³-hybridized carbons (Fsp3) is 0.211. The first-order valence-corrected chi connectivity index (χ1v) is 8.20. The van der Waals surface area contributed by atoms with Crippen molar-refractivity contribution in [2.45, 2.75) is 11.8 Å². The fourth-order valence-electron chi connectivity index (χ4n) is 2.36.